The number of nitrogens with zero attached hydrogens (tertiary/aromatic N) is 2. The largest absolute Gasteiger partial charge is 0.338 e. The molecule has 5 heteroatoms. The van der Waals surface area contributed by atoms with Crippen LogP contribution in [0.25, 0.3) is 10.9 Å². The lowest BCUT2D eigenvalue weighted by molar-refractivity contribution is 0.194. The third kappa shape index (κ3) is 2.22. The van der Waals surface area contributed by atoms with E-state index in [-0.39, 0.29) is 17.9 Å². The number of urea groups is 1. The molecule has 0 radical (unpaired) electrons. The van der Waals surface area contributed by atoms with Crippen LogP contribution in [-0.2, 0) is 19.5 Å². The Morgan fingerprint density at radius 2 is 1.92 bits per heavy atom. The summed E-state index contributed by atoms with van der Waals surface area (Å²) in [7, 11) is 0. The van der Waals surface area contributed by atoms with Gasteiger partial charge in [-0.05, 0) is 35.7 Å². The lowest BCUT2D eigenvalue weighted by atomic mass is 9.98. The number of nitrogens with one attached hydrogen (secondary N) is 1. The van der Waals surface area contributed by atoms with Gasteiger partial charge in [-0.3, -0.25) is 0 Å². The minimum atomic E-state index is -0.222. The number of para-hydroxylation sites is 1. The summed E-state index contributed by atoms with van der Waals surface area (Å²) in [4.78, 5) is 14.0. The maximum Gasteiger partial charge on any atom is 0.318 e. The van der Waals surface area contributed by atoms with Crippen molar-refractivity contribution in [2.45, 2.75) is 25.6 Å². The number of carbonyl (C=O) groups excluding carboxylic acids is 1. The highest BCUT2D eigenvalue weighted by Crippen LogP contribution is 2.34. The second kappa shape index (κ2) is 5.34. The van der Waals surface area contributed by atoms with E-state index in [1.165, 1.54) is 34.3 Å². The van der Waals surface area contributed by atoms with Crippen molar-refractivity contribution < 1.29 is 9.18 Å². The molecule has 2 aliphatic heterocycles. The van der Waals surface area contributed by atoms with Crippen LogP contribution in [0.2, 0.25) is 0 Å². The van der Waals surface area contributed by atoms with Crippen LogP contribution < -0.4 is 5.32 Å². The van der Waals surface area contributed by atoms with Crippen molar-refractivity contribution in [3.8, 4) is 0 Å². The van der Waals surface area contributed by atoms with E-state index in [0.717, 1.165) is 18.5 Å². The zero-order valence-corrected chi connectivity index (χ0v) is 13.7. The number of halogens is 1. The number of amides is 2. The van der Waals surface area contributed by atoms with Gasteiger partial charge in [-0.15, -0.1) is 0 Å². The predicted molar refractivity (Wildman–Crippen MR) is 93.9 cm³/mol. The number of aromatic nitrogens is 1. The molecule has 1 N–H and O–H groups in total. The van der Waals surface area contributed by atoms with Crippen molar-refractivity contribution in [2.24, 2.45) is 0 Å². The summed E-state index contributed by atoms with van der Waals surface area (Å²) < 4.78 is 15.5. The minimum Gasteiger partial charge on any atom is -0.338 e. The summed E-state index contributed by atoms with van der Waals surface area (Å²) in [6.07, 6.45) is 0.880. The van der Waals surface area contributed by atoms with Gasteiger partial charge < -0.3 is 14.8 Å². The van der Waals surface area contributed by atoms with Gasteiger partial charge in [0.05, 0.1) is 12.6 Å². The lowest BCUT2D eigenvalue weighted by Crippen LogP contribution is -2.39. The predicted octanol–water partition coefficient (Wildman–Crippen LogP) is 3.28. The van der Waals surface area contributed by atoms with E-state index in [0.29, 0.717) is 13.1 Å². The molecule has 0 spiro atoms. The van der Waals surface area contributed by atoms with E-state index in [4.69, 9.17) is 0 Å². The highest BCUT2D eigenvalue weighted by atomic mass is 19.1. The highest BCUT2D eigenvalue weighted by molar-refractivity contribution is 5.87. The molecule has 0 saturated carbocycles. The molecular weight excluding hydrogens is 317 g/mol. The lowest BCUT2D eigenvalue weighted by Gasteiger charge is -2.29. The Hall–Kier alpha value is -2.82. The minimum absolute atomic E-state index is 0.0224. The van der Waals surface area contributed by atoms with Gasteiger partial charge in [-0.1, -0.05) is 30.3 Å². The topological polar surface area (TPSA) is 37.3 Å². The van der Waals surface area contributed by atoms with Gasteiger partial charge in [0.15, 0.2) is 0 Å². The van der Waals surface area contributed by atoms with Crippen LogP contribution in [0, 0.1) is 5.82 Å². The van der Waals surface area contributed by atoms with Gasteiger partial charge in [-0.25, -0.2) is 9.18 Å². The Balaban J connectivity index is 1.64. The molecular formula is C20H18FN3O. The number of hydrogen-bond donors (Lipinski definition) is 1. The first-order valence-electron chi connectivity index (χ1n) is 8.58. The molecule has 0 aliphatic carbocycles. The molecule has 2 aromatic carbocycles. The fraction of sp³-hybridized carbons (Fsp3) is 0.250. The number of benzene rings is 2. The van der Waals surface area contributed by atoms with Gasteiger partial charge >= 0.3 is 6.03 Å². The molecule has 1 saturated heterocycles. The molecule has 126 valence electrons. The molecule has 25 heavy (non-hydrogen) atoms. The number of fused-ring (bicyclic) bond motifs is 4. The second-order valence-corrected chi connectivity index (χ2v) is 6.83. The summed E-state index contributed by atoms with van der Waals surface area (Å²) in [6.45, 7) is 2.02. The first kappa shape index (κ1) is 14.5. The van der Waals surface area contributed by atoms with Crippen LogP contribution in [0.3, 0.4) is 0 Å². The Kier molecular flexibility index (Phi) is 3.10. The van der Waals surface area contributed by atoms with Gasteiger partial charge in [0.2, 0.25) is 0 Å². The van der Waals surface area contributed by atoms with E-state index in [1.807, 2.05) is 23.1 Å². The third-order valence-corrected chi connectivity index (χ3v) is 5.40. The van der Waals surface area contributed by atoms with Crippen LogP contribution in [0.1, 0.15) is 16.8 Å². The summed E-state index contributed by atoms with van der Waals surface area (Å²) in [5, 5.41) is 4.21. The maximum absolute atomic E-state index is 13.2. The SMILES string of the molecule is O=C1NCC2Cc3c(n(Cc4ccc(F)cc4)c4ccccc34)CN12. The number of carbonyl (C=O) groups is 1. The Morgan fingerprint density at radius 1 is 1.12 bits per heavy atom. The van der Waals surface area contributed by atoms with Crippen LogP contribution >= 0.6 is 0 Å². The van der Waals surface area contributed by atoms with Crippen molar-refractivity contribution in [2.75, 3.05) is 6.54 Å². The van der Waals surface area contributed by atoms with Crippen LogP contribution in [0.15, 0.2) is 48.5 Å². The van der Waals surface area contributed by atoms with Crippen LogP contribution in [0.5, 0.6) is 0 Å². The Morgan fingerprint density at radius 3 is 2.76 bits per heavy atom. The molecule has 1 fully saturated rings. The average molecular weight is 335 g/mol. The molecule has 1 unspecified atom stereocenters. The zero-order valence-electron chi connectivity index (χ0n) is 13.7. The number of rotatable bonds is 2. The summed E-state index contributed by atoms with van der Waals surface area (Å²) in [5.41, 5.74) is 4.77. The van der Waals surface area contributed by atoms with Gasteiger partial charge in [0, 0.05) is 29.7 Å². The monoisotopic (exact) mass is 335 g/mol. The van der Waals surface area contributed by atoms with E-state index >= 15 is 0 Å². The Labute approximate surface area is 144 Å². The Bertz CT molecular complexity index is 977. The highest BCUT2D eigenvalue weighted by Gasteiger charge is 2.37. The zero-order chi connectivity index (χ0) is 17.0. The first-order valence-corrected chi connectivity index (χ1v) is 8.58. The van der Waals surface area contributed by atoms with E-state index in [1.54, 1.807) is 0 Å². The number of hydrogen-bond acceptors (Lipinski definition) is 1. The quantitative estimate of drug-likeness (QED) is 0.767. The first-order chi connectivity index (χ1) is 12.2. The van der Waals surface area contributed by atoms with E-state index < -0.39 is 0 Å². The normalized spacial score (nSPS) is 19.0. The molecule has 0 bridgehead atoms. The van der Waals surface area contributed by atoms with Crippen molar-refractivity contribution in [3.05, 3.63) is 71.2 Å². The van der Waals surface area contributed by atoms with Crippen molar-refractivity contribution >= 4 is 16.9 Å². The molecule has 4 nitrogen and oxygen atoms in total. The van der Waals surface area contributed by atoms with Gasteiger partial charge in [-0.2, -0.15) is 0 Å². The molecule has 3 aromatic rings. The maximum atomic E-state index is 13.2. The summed E-state index contributed by atoms with van der Waals surface area (Å²) in [6, 6.07) is 15.3. The van der Waals surface area contributed by atoms with Crippen molar-refractivity contribution in [3.63, 3.8) is 0 Å². The smallest absolute Gasteiger partial charge is 0.318 e. The van der Waals surface area contributed by atoms with Crippen LogP contribution in [0.4, 0.5) is 9.18 Å². The molecule has 1 atom stereocenters. The summed E-state index contributed by atoms with van der Waals surface area (Å²) in [5.74, 6) is -0.222. The molecule has 5 rings (SSSR count). The fourth-order valence-electron chi connectivity index (χ4n) is 4.15. The fourth-order valence-corrected chi connectivity index (χ4v) is 4.15. The molecule has 3 heterocycles. The second-order valence-electron chi connectivity index (χ2n) is 6.83. The van der Waals surface area contributed by atoms with E-state index in [9.17, 15) is 9.18 Å². The summed E-state index contributed by atoms with van der Waals surface area (Å²) >= 11 is 0. The third-order valence-electron chi connectivity index (χ3n) is 5.40. The molecule has 2 aliphatic rings. The van der Waals surface area contributed by atoms with Crippen molar-refractivity contribution in [1.82, 2.24) is 14.8 Å². The van der Waals surface area contributed by atoms with E-state index in [2.05, 4.69) is 28.1 Å². The van der Waals surface area contributed by atoms with Gasteiger partial charge in [0.25, 0.3) is 0 Å². The average Bonchev–Trinajstić information content (AvgIpc) is 3.14. The van der Waals surface area contributed by atoms with Crippen LogP contribution in [-0.4, -0.2) is 28.1 Å². The van der Waals surface area contributed by atoms with Gasteiger partial charge in [0.1, 0.15) is 5.82 Å². The molecule has 2 amide bonds. The van der Waals surface area contributed by atoms with Crippen molar-refractivity contribution in [1.29, 1.82) is 0 Å². The molecule has 1 aromatic heterocycles. The standard InChI is InChI=1S/C20H18FN3O/c21-14-7-5-13(6-8-14)11-24-18-4-2-1-3-16(18)17-9-15-10-22-20(25)23(15)12-19(17)24/h1-8,15H,9-12H2,(H,22,25).